The maximum atomic E-state index is 12.7. The summed E-state index contributed by atoms with van der Waals surface area (Å²) in [5, 5.41) is 0.729. The van der Waals surface area contributed by atoms with Crippen LogP contribution in [0.25, 0.3) is 0 Å². The number of sulfonamides is 1. The van der Waals surface area contributed by atoms with Crippen LogP contribution in [-0.4, -0.2) is 43.8 Å². The van der Waals surface area contributed by atoms with Crippen LogP contribution in [0.4, 0.5) is 0 Å². The average molecular weight is 365 g/mol. The van der Waals surface area contributed by atoms with Crippen LogP contribution in [0, 0.1) is 6.92 Å². The maximum absolute atomic E-state index is 12.7. The van der Waals surface area contributed by atoms with E-state index in [2.05, 4.69) is 4.90 Å². The van der Waals surface area contributed by atoms with E-state index in [1.54, 1.807) is 22.5 Å². The zero-order chi connectivity index (χ0) is 17.2. The normalized spacial score (nSPS) is 17.1. The standard InChI is InChI=1S/C18H21ClN2O2S/c1-15-3-2-4-18(13-15)24(22,23)21-11-9-20(10-12-21)14-16-5-7-17(19)8-6-16/h2-8,13H,9-12,14H2,1H3. The van der Waals surface area contributed by atoms with Crippen molar-refractivity contribution in [3.63, 3.8) is 0 Å². The van der Waals surface area contributed by atoms with E-state index in [4.69, 9.17) is 11.6 Å². The first-order valence-electron chi connectivity index (χ1n) is 7.99. The number of hydrogen-bond acceptors (Lipinski definition) is 3. The Hall–Kier alpha value is -1.40. The molecule has 0 bridgehead atoms. The molecule has 4 nitrogen and oxygen atoms in total. The molecule has 6 heteroatoms. The van der Waals surface area contributed by atoms with Gasteiger partial charge in [0.2, 0.25) is 10.0 Å². The van der Waals surface area contributed by atoms with Gasteiger partial charge in [-0.2, -0.15) is 4.31 Å². The van der Waals surface area contributed by atoms with Gasteiger partial charge in [-0.05, 0) is 42.3 Å². The summed E-state index contributed by atoms with van der Waals surface area (Å²) in [6, 6.07) is 14.9. The third-order valence-corrected chi connectivity index (χ3v) is 6.42. The van der Waals surface area contributed by atoms with Gasteiger partial charge in [-0.3, -0.25) is 4.90 Å². The van der Waals surface area contributed by atoms with Crippen LogP contribution in [0.5, 0.6) is 0 Å². The molecule has 2 aromatic carbocycles. The quantitative estimate of drug-likeness (QED) is 0.836. The molecule has 0 aliphatic carbocycles. The van der Waals surface area contributed by atoms with Crippen molar-refractivity contribution >= 4 is 21.6 Å². The molecule has 0 atom stereocenters. The highest BCUT2D eigenvalue weighted by molar-refractivity contribution is 7.89. The molecule has 1 fully saturated rings. The number of nitrogens with zero attached hydrogens (tertiary/aromatic N) is 2. The first-order chi connectivity index (χ1) is 11.4. The Kier molecular flexibility index (Phi) is 5.25. The van der Waals surface area contributed by atoms with E-state index < -0.39 is 10.0 Å². The molecule has 0 radical (unpaired) electrons. The zero-order valence-electron chi connectivity index (χ0n) is 13.7. The number of piperazine rings is 1. The van der Waals surface area contributed by atoms with Gasteiger partial charge >= 0.3 is 0 Å². The minimum atomic E-state index is -3.40. The van der Waals surface area contributed by atoms with Crippen molar-refractivity contribution in [2.24, 2.45) is 0 Å². The second-order valence-electron chi connectivity index (χ2n) is 6.12. The van der Waals surface area contributed by atoms with Gasteiger partial charge in [0.05, 0.1) is 4.90 Å². The van der Waals surface area contributed by atoms with Crippen molar-refractivity contribution in [3.8, 4) is 0 Å². The summed E-state index contributed by atoms with van der Waals surface area (Å²) >= 11 is 5.91. The molecule has 0 unspecified atom stereocenters. The van der Waals surface area contributed by atoms with Gasteiger partial charge in [-0.25, -0.2) is 8.42 Å². The van der Waals surface area contributed by atoms with Crippen molar-refractivity contribution < 1.29 is 8.42 Å². The van der Waals surface area contributed by atoms with Crippen LogP contribution < -0.4 is 0 Å². The fourth-order valence-electron chi connectivity index (χ4n) is 2.90. The lowest BCUT2D eigenvalue weighted by atomic mass is 10.2. The van der Waals surface area contributed by atoms with Gasteiger partial charge in [0.15, 0.2) is 0 Å². The van der Waals surface area contributed by atoms with E-state index >= 15 is 0 Å². The second-order valence-corrected chi connectivity index (χ2v) is 8.50. The van der Waals surface area contributed by atoms with Crippen LogP contribution in [0.2, 0.25) is 5.02 Å². The highest BCUT2D eigenvalue weighted by atomic mass is 35.5. The van der Waals surface area contributed by atoms with Crippen LogP contribution in [-0.2, 0) is 16.6 Å². The molecule has 0 spiro atoms. The lowest BCUT2D eigenvalue weighted by Crippen LogP contribution is -2.48. The SMILES string of the molecule is Cc1cccc(S(=O)(=O)N2CCN(Cc3ccc(Cl)cc3)CC2)c1. The third-order valence-electron chi connectivity index (χ3n) is 4.28. The Bertz CT molecular complexity index is 798. The fourth-order valence-corrected chi connectivity index (χ4v) is 4.55. The maximum Gasteiger partial charge on any atom is 0.243 e. The van der Waals surface area contributed by atoms with Gasteiger partial charge in [0.25, 0.3) is 0 Å². The largest absolute Gasteiger partial charge is 0.296 e. The average Bonchev–Trinajstić information content (AvgIpc) is 2.57. The first-order valence-corrected chi connectivity index (χ1v) is 9.80. The Balaban J connectivity index is 1.63. The van der Waals surface area contributed by atoms with Crippen LogP contribution >= 0.6 is 11.6 Å². The van der Waals surface area contributed by atoms with E-state index in [0.29, 0.717) is 18.0 Å². The minimum absolute atomic E-state index is 0.383. The first kappa shape index (κ1) is 17.4. The molecule has 0 saturated carbocycles. The molecule has 128 valence electrons. The summed E-state index contributed by atoms with van der Waals surface area (Å²) < 4.78 is 27.1. The van der Waals surface area contributed by atoms with Gasteiger partial charge in [0, 0.05) is 37.7 Å². The summed E-state index contributed by atoms with van der Waals surface area (Å²) in [6.07, 6.45) is 0. The third kappa shape index (κ3) is 3.98. The number of benzene rings is 2. The highest BCUT2D eigenvalue weighted by Gasteiger charge is 2.28. The predicted molar refractivity (Wildman–Crippen MR) is 96.7 cm³/mol. The highest BCUT2D eigenvalue weighted by Crippen LogP contribution is 2.19. The van der Waals surface area contributed by atoms with Gasteiger partial charge in [0.1, 0.15) is 0 Å². The summed E-state index contributed by atoms with van der Waals surface area (Å²) in [4.78, 5) is 2.65. The van der Waals surface area contributed by atoms with Crippen molar-refractivity contribution in [1.82, 2.24) is 9.21 Å². The Morgan fingerprint density at radius 3 is 2.29 bits per heavy atom. The van der Waals surface area contributed by atoms with E-state index in [0.717, 1.165) is 30.2 Å². The van der Waals surface area contributed by atoms with Crippen molar-refractivity contribution in [2.75, 3.05) is 26.2 Å². The smallest absolute Gasteiger partial charge is 0.243 e. The predicted octanol–water partition coefficient (Wildman–Crippen LogP) is 3.15. The molecule has 1 heterocycles. The van der Waals surface area contributed by atoms with E-state index in [-0.39, 0.29) is 0 Å². The lowest BCUT2D eigenvalue weighted by molar-refractivity contribution is 0.181. The molecule has 2 aromatic rings. The monoisotopic (exact) mass is 364 g/mol. The molecular weight excluding hydrogens is 344 g/mol. The molecule has 1 saturated heterocycles. The van der Waals surface area contributed by atoms with E-state index in [1.807, 2.05) is 37.3 Å². The van der Waals surface area contributed by atoms with Crippen molar-refractivity contribution in [1.29, 1.82) is 0 Å². The molecular formula is C18H21ClN2O2S. The summed E-state index contributed by atoms with van der Waals surface area (Å²) in [6.45, 7) is 5.22. The molecule has 0 amide bonds. The van der Waals surface area contributed by atoms with Crippen molar-refractivity contribution in [3.05, 3.63) is 64.7 Å². The number of aryl methyl sites for hydroxylation is 1. The molecule has 1 aliphatic rings. The Morgan fingerprint density at radius 2 is 1.67 bits per heavy atom. The molecule has 1 aliphatic heterocycles. The lowest BCUT2D eigenvalue weighted by Gasteiger charge is -2.34. The minimum Gasteiger partial charge on any atom is -0.296 e. The molecule has 0 aromatic heterocycles. The fraction of sp³-hybridized carbons (Fsp3) is 0.333. The molecule has 0 N–H and O–H groups in total. The van der Waals surface area contributed by atoms with Crippen LogP contribution in [0.15, 0.2) is 53.4 Å². The van der Waals surface area contributed by atoms with Crippen LogP contribution in [0.3, 0.4) is 0 Å². The van der Waals surface area contributed by atoms with Crippen molar-refractivity contribution in [2.45, 2.75) is 18.4 Å². The Morgan fingerprint density at radius 1 is 1.00 bits per heavy atom. The van der Waals surface area contributed by atoms with Gasteiger partial charge < -0.3 is 0 Å². The topological polar surface area (TPSA) is 40.6 Å². The number of halogens is 1. The zero-order valence-corrected chi connectivity index (χ0v) is 15.2. The molecule has 24 heavy (non-hydrogen) atoms. The number of rotatable bonds is 4. The second kappa shape index (κ2) is 7.23. The molecule has 3 rings (SSSR count). The summed E-state index contributed by atoms with van der Waals surface area (Å²) in [7, 11) is -3.40. The van der Waals surface area contributed by atoms with Gasteiger partial charge in [-0.1, -0.05) is 35.9 Å². The summed E-state index contributed by atoms with van der Waals surface area (Å²) in [5.41, 5.74) is 2.15. The summed E-state index contributed by atoms with van der Waals surface area (Å²) in [5.74, 6) is 0. The number of hydrogen-bond donors (Lipinski definition) is 0. The van der Waals surface area contributed by atoms with Crippen LogP contribution in [0.1, 0.15) is 11.1 Å². The van der Waals surface area contributed by atoms with E-state index in [1.165, 1.54) is 5.56 Å². The Labute approximate surface area is 148 Å². The van der Waals surface area contributed by atoms with Gasteiger partial charge in [-0.15, -0.1) is 0 Å². The van der Waals surface area contributed by atoms with E-state index in [9.17, 15) is 8.42 Å².